The van der Waals surface area contributed by atoms with E-state index in [1.165, 1.54) is 0 Å². The molecule has 0 aliphatic rings. The number of fused-ring (bicyclic) bond motifs is 1. The average molecular weight is 275 g/mol. The number of oxazole rings is 1. The summed E-state index contributed by atoms with van der Waals surface area (Å²) >= 11 is 5.91. The Bertz CT molecular complexity index is 725. The maximum atomic E-state index is 5.91. The normalized spacial score (nSPS) is 10.8. The van der Waals surface area contributed by atoms with Gasteiger partial charge >= 0.3 is 0 Å². The van der Waals surface area contributed by atoms with E-state index in [-0.39, 0.29) is 5.28 Å². The molecule has 0 saturated heterocycles. The lowest BCUT2D eigenvalue weighted by Gasteiger charge is -2.07. The van der Waals surface area contributed by atoms with Gasteiger partial charge in [-0.3, -0.25) is 0 Å². The average Bonchev–Trinajstić information content (AvgIpc) is 2.81. The van der Waals surface area contributed by atoms with E-state index in [2.05, 4.69) is 20.3 Å². The first-order valence-electron chi connectivity index (χ1n) is 5.80. The molecular formula is C13H11ClN4O. The minimum atomic E-state index is 0.213. The van der Waals surface area contributed by atoms with Crippen molar-refractivity contribution in [3.63, 3.8) is 0 Å². The number of halogens is 1. The fourth-order valence-corrected chi connectivity index (χ4v) is 2.00. The highest BCUT2D eigenvalue weighted by Gasteiger charge is 2.07. The molecule has 3 rings (SSSR count). The summed E-state index contributed by atoms with van der Waals surface area (Å²) in [5, 5.41) is 4.29. The van der Waals surface area contributed by atoms with E-state index in [1.807, 2.05) is 31.2 Å². The Hall–Kier alpha value is -2.14. The van der Waals surface area contributed by atoms with Crippen LogP contribution in [0.15, 0.2) is 34.9 Å². The Kier molecular flexibility index (Phi) is 3.05. The van der Waals surface area contributed by atoms with Crippen LogP contribution < -0.4 is 5.32 Å². The lowest BCUT2D eigenvalue weighted by Crippen LogP contribution is -2.03. The van der Waals surface area contributed by atoms with Gasteiger partial charge in [0.1, 0.15) is 11.6 Å². The molecule has 1 aromatic carbocycles. The Labute approximate surface area is 114 Å². The second kappa shape index (κ2) is 4.85. The maximum absolute atomic E-state index is 5.91. The Balaban J connectivity index is 1.91. The molecule has 1 N–H and O–H groups in total. The molecule has 5 nitrogen and oxygen atoms in total. The van der Waals surface area contributed by atoms with Gasteiger partial charge in [0.05, 0.1) is 18.3 Å². The molecule has 0 atom stereocenters. The third-order valence-corrected chi connectivity index (χ3v) is 2.82. The molecule has 2 heterocycles. The van der Waals surface area contributed by atoms with E-state index >= 15 is 0 Å². The van der Waals surface area contributed by atoms with Gasteiger partial charge in [0, 0.05) is 5.39 Å². The summed E-state index contributed by atoms with van der Waals surface area (Å²) in [5.74, 6) is 2.06. The Morgan fingerprint density at radius 3 is 2.89 bits per heavy atom. The van der Waals surface area contributed by atoms with Crippen LogP contribution in [0.2, 0.25) is 5.28 Å². The molecule has 96 valence electrons. The van der Waals surface area contributed by atoms with Crippen molar-refractivity contribution < 1.29 is 4.42 Å². The van der Waals surface area contributed by atoms with Gasteiger partial charge in [-0.15, -0.1) is 0 Å². The number of anilines is 1. The van der Waals surface area contributed by atoms with E-state index in [9.17, 15) is 0 Å². The van der Waals surface area contributed by atoms with Crippen molar-refractivity contribution in [2.75, 3.05) is 5.32 Å². The third-order valence-electron chi connectivity index (χ3n) is 2.65. The highest BCUT2D eigenvalue weighted by atomic mass is 35.5. The van der Waals surface area contributed by atoms with Crippen LogP contribution in [0.1, 0.15) is 11.7 Å². The summed E-state index contributed by atoms with van der Waals surface area (Å²) in [6.07, 6.45) is 1.68. The van der Waals surface area contributed by atoms with Gasteiger partial charge in [0.2, 0.25) is 11.2 Å². The van der Waals surface area contributed by atoms with Gasteiger partial charge in [-0.05, 0) is 30.7 Å². The highest BCUT2D eigenvalue weighted by Crippen LogP contribution is 2.22. The first-order chi connectivity index (χ1) is 9.22. The number of nitrogens with zero attached hydrogens (tertiary/aromatic N) is 3. The van der Waals surface area contributed by atoms with E-state index in [4.69, 9.17) is 16.0 Å². The minimum Gasteiger partial charge on any atom is -0.444 e. The van der Waals surface area contributed by atoms with Crippen LogP contribution in [0.25, 0.3) is 10.9 Å². The topological polar surface area (TPSA) is 63.8 Å². The zero-order chi connectivity index (χ0) is 13.2. The van der Waals surface area contributed by atoms with E-state index in [1.54, 1.807) is 6.20 Å². The van der Waals surface area contributed by atoms with Crippen LogP contribution >= 0.6 is 11.6 Å². The molecule has 3 aromatic rings. The Morgan fingerprint density at radius 1 is 1.26 bits per heavy atom. The molecule has 0 unspecified atom stereocenters. The number of aryl methyl sites for hydroxylation is 1. The number of hydrogen-bond donors (Lipinski definition) is 1. The summed E-state index contributed by atoms with van der Waals surface area (Å²) < 4.78 is 5.40. The van der Waals surface area contributed by atoms with Crippen LogP contribution in [0.4, 0.5) is 5.82 Å². The van der Waals surface area contributed by atoms with Gasteiger partial charge in [0.25, 0.3) is 0 Å². The van der Waals surface area contributed by atoms with Crippen LogP contribution in [-0.2, 0) is 6.54 Å². The second-order valence-electron chi connectivity index (χ2n) is 4.08. The minimum absolute atomic E-state index is 0.213. The second-order valence-corrected chi connectivity index (χ2v) is 4.41. The third kappa shape index (κ3) is 2.51. The molecule has 19 heavy (non-hydrogen) atoms. The number of nitrogens with one attached hydrogen (secondary N) is 1. The van der Waals surface area contributed by atoms with Crippen LogP contribution in [0.3, 0.4) is 0 Å². The molecular weight excluding hydrogens is 264 g/mol. The van der Waals surface area contributed by atoms with Crippen LogP contribution in [-0.4, -0.2) is 15.0 Å². The standard InChI is InChI=1S/C13H11ClN4O/c1-8-6-15-11(19-8)7-16-12-9-4-2-3-5-10(9)17-13(14)18-12/h2-6H,7H2,1H3,(H,16,17,18). The van der Waals surface area contributed by atoms with Crippen LogP contribution in [0, 0.1) is 6.92 Å². The maximum Gasteiger partial charge on any atom is 0.224 e. The van der Waals surface area contributed by atoms with Crippen molar-refractivity contribution in [1.82, 2.24) is 15.0 Å². The fraction of sp³-hybridized carbons (Fsp3) is 0.154. The summed E-state index contributed by atoms with van der Waals surface area (Å²) in [4.78, 5) is 12.5. The lowest BCUT2D eigenvalue weighted by atomic mass is 10.2. The zero-order valence-electron chi connectivity index (χ0n) is 10.2. The van der Waals surface area contributed by atoms with E-state index < -0.39 is 0 Å². The van der Waals surface area contributed by atoms with Crippen molar-refractivity contribution in [3.8, 4) is 0 Å². The van der Waals surface area contributed by atoms with Gasteiger partial charge < -0.3 is 9.73 Å². The van der Waals surface area contributed by atoms with Crippen molar-refractivity contribution in [2.45, 2.75) is 13.5 Å². The highest BCUT2D eigenvalue weighted by molar-refractivity contribution is 6.28. The SMILES string of the molecule is Cc1cnc(CNc2nc(Cl)nc3ccccc23)o1. The number of aromatic nitrogens is 3. The molecule has 0 aliphatic heterocycles. The summed E-state index contributed by atoms with van der Waals surface area (Å²) in [5.41, 5.74) is 0.800. The van der Waals surface area contributed by atoms with E-state index in [0.717, 1.165) is 16.7 Å². The van der Waals surface area contributed by atoms with Gasteiger partial charge in [-0.2, -0.15) is 0 Å². The molecule has 2 aromatic heterocycles. The summed E-state index contributed by atoms with van der Waals surface area (Å²) in [6, 6.07) is 7.67. The lowest BCUT2D eigenvalue weighted by molar-refractivity contribution is 0.479. The molecule has 0 bridgehead atoms. The molecule has 0 aliphatic carbocycles. The molecule has 0 radical (unpaired) electrons. The largest absolute Gasteiger partial charge is 0.444 e. The van der Waals surface area contributed by atoms with Crippen molar-refractivity contribution in [1.29, 1.82) is 0 Å². The number of hydrogen-bond acceptors (Lipinski definition) is 5. The molecule has 0 amide bonds. The first kappa shape index (κ1) is 11.9. The summed E-state index contributed by atoms with van der Waals surface area (Å²) in [6.45, 7) is 2.30. The monoisotopic (exact) mass is 274 g/mol. The fourth-order valence-electron chi connectivity index (χ4n) is 1.83. The Morgan fingerprint density at radius 2 is 2.11 bits per heavy atom. The number of rotatable bonds is 3. The molecule has 6 heteroatoms. The molecule has 0 saturated carbocycles. The number of benzene rings is 1. The predicted molar refractivity (Wildman–Crippen MR) is 73.1 cm³/mol. The molecule has 0 fully saturated rings. The zero-order valence-corrected chi connectivity index (χ0v) is 11.0. The van der Waals surface area contributed by atoms with Crippen molar-refractivity contribution in [2.24, 2.45) is 0 Å². The van der Waals surface area contributed by atoms with Crippen molar-refractivity contribution in [3.05, 3.63) is 47.4 Å². The van der Waals surface area contributed by atoms with Crippen LogP contribution in [0.5, 0.6) is 0 Å². The van der Waals surface area contributed by atoms with Gasteiger partial charge in [-0.1, -0.05) is 12.1 Å². The quantitative estimate of drug-likeness (QED) is 0.743. The van der Waals surface area contributed by atoms with Gasteiger partial charge in [-0.25, -0.2) is 15.0 Å². The predicted octanol–water partition coefficient (Wildman–Crippen LogP) is 3.19. The van der Waals surface area contributed by atoms with Crippen molar-refractivity contribution >= 4 is 28.3 Å². The van der Waals surface area contributed by atoms with Gasteiger partial charge in [0.15, 0.2) is 0 Å². The summed E-state index contributed by atoms with van der Waals surface area (Å²) in [7, 11) is 0. The molecule has 0 spiro atoms. The van der Waals surface area contributed by atoms with E-state index in [0.29, 0.717) is 18.3 Å². The first-order valence-corrected chi connectivity index (χ1v) is 6.17. The smallest absolute Gasteiger partial charge is 0.224 e. The number of para-hydroxylation sites is 1.